The molecule has 12 heteroatoms. The van der Waals surface area contributed by atoms with Crippen molar-refractivity contribution in [2.24, 2.45) is 5.84 Å². The van der Waals surface area contributed by atoms with Crippen molar-refractivity contribution in [2.75, 3.05) is 7.05 Å². The standard InChI is InChI=1S/CH16N12/c1-3-5-7-9-11-13-12-10-8-6-4-2/h3-13H,2H2,1H3. The fraction of sp³-hybridized carbons (Fsp3) is 1.00. The van der Waals surface area contributed by atoms with E-state index in [1.54, 1.807) is 7.05 Å². The summed E-state index contributed by atoms with van der Waals surface area (Å²) in [5.41, 5.74) is 26.9. The Labute approximate surface area is 74.8 Å². The van der Waals surface area contributed by atoms with Crippen molar-refractivity contribution in [2.45, 2.75) is 0 Å². The highest BCUT2D eigenvalue weighted by molar-refractivity contribution is 4.14. The van der Waals surface area contributed by atoms with Gasteiger partial charge in [-0.25, -0.2) is 5.43 Å². The summed E-state index contributed by atoms with van der Waals surface area (Å²) in [6.45, 7) is 0. The van der Waals surface area contributed by atoms with Crippen molar-refractivity contribution in [3.63, 3.8) is 0 Å². The predicted molar refractivity (Wildman–Crippen MR) is 44.6 cm³/mol. The summed E-state index contributed by atoms with van der Waals surface area (Å²) in [6, 6.07) is 0. The second-order valence-corrected chi connectivity index (χ2v) is 1.52. The highest BCUT2D eigenvalue weighted by atomic mass is 16.0. The van der Waals surface area contributed by atoms with Gasteiger partial charge in [-0.3, -0.25) is 5.84 Å². The van der Waals surface area contributed by atoms with Crippen LogP contribution in [-0.2, 0) is 0 Å². The summed E-state index contributed by atoms with van der Waals surface area (Å²) >= 11 is 0. The summed E-state index contributed by atoms with van der Waals surface area (Å²) in [4.78, 5) is 0. The van der Waals surface area contributed by atoms with Gasteiger partial charge in [0, 0.05) is 0 Å². The fourth-order valence-corrected chi connectivity index (χ4v) is 0.317. The smallest absolute Gasteiger partial charge is 0.000111 e. The zero-order valence-electron chi connectivity index (χ0n) is 7.08. The Balaban J connectivity index is 2.76. The largest absolute Gasteiger partial charge is 0.257 e. The van der Waals surface area contributed by atoms with Gasteiger partial charge in [-0.1, -0.05) is 0 Å². The predicted octanol–water partition coefficient (Wildman–Crippen LogP) is -5.87. The summed E-state index contributed by atoms with van der Waals surface area (Å²) in [6.07, 6.45) is 0. The molecule has 0 aromatic carbocycles. The van der Waals surface area contributed by atoms with E-state index in [2.05, 4.69) is 60.8 Å². The minimum absolute atomic E-state index is 1.71. The van der Waals surface area contributed by atoms with E-state index in [1.165, 1.54) is 0 Å². The van der Waals surface area contributed by atoms with Gasteiger partial charge in [0.05, 0.1) is 0 Å². The lowest BCUT2D eigenvalue weighted by Gasteiger charge is -2.12. The fourth-order valence-electron chi connectivity index (χ4n) is 0.317. The minimum atomic E-state index is 1.71. The van der Waals surface area contributed by atoms with Gasteiger partial charge in [0.2, 0.25) is 0 Å². The zero-order chi connectivity index (χ0) is 9.78. The maximum Gasteiger partial charge on any atom is -0.000111 e. The molecule has 0 unspecified atom stereocenters. The second kappa shape index (κ2) is 11.5. The first-order valence-corrected chi connectivity index (χ1v) is 3.29. The molecule has 0 heterocycles. The molecule has 0 bridgehead atoms. The number of hydrogen-bond donors (Lipinski definition) is 12. The van der Waals surface area contributed by atoms with Gasteiger partial charge in [-0.2, -0.15) is 55.3 Å². The molecule has 0 aromatic rings. The number of hydrazine groups is 11. The third-order valence-corrected chi connectivity index (χ3v) is 0.697. The van der Waals surface area contributed by atoms with Gasteiger partial charge in [-0.05, 0) is 7.05 Å². The normalized spacial score (nSPS) is 10.6. The first kappa shape index (κ1) is 12.5. The molecule has 0 aliphatic heterocycles. The first-order valence-electron chi connectivity index (χ1n) is 3.29. The molecule has 0 spiro atoms. The molecule has 0 fully saturated rings. The molecule has 13 N–H and O–H groups in total. The molecule has 13 heavy (non-hydrogen) atoms. The van der Waals surface area contributed by atoms with Crippen molar-refractivity contribution in [3.8, 4) is 0 Å². The lowest BCUT2D eigenvalue weighted by Crippen LogP contribution is -2.66. The Hall–Kier alpha value is -0.480. The average Bonchev–Trinajstić information content (AvgIpc) is 2.16. The van der Waals surface area contributed by atoms with Gasteiger partial charge < -0.3 is 0 Å². The van der Waals surface area contributed by atoms with E-state index in [0.29, 0.717) is 0 Å². The zero-order valence-corrected chi connectivity index (χ0v) is 7.08. The third-order valence-electron chi connectivity index (χ3n) is 0.697. The van der Waals surface area contributed by atoms with Gasteiger partial charge in [-0.15, -0.1) is 0 Å². The van der Waals surface area contributed by atoms with Crippen LogP contribution in [0.4, 0.5) is 0 Å². The highest BCUT2D eigenvalue weighted by Gasteiger charge is 1.79. The Morgan fingerprint density at radius 1 is 0.615 bits per heavy atom. The maximum absolute atomic E-state index is 4.86. The van der Waals surface area contributed by atoms with Crippen LogP contribution in [0.1, 0.15) is 0 Å². The van der Waals surface area contributed by atoms with Crippen LogP contribution >= 0.6 is 0 Å². The molecule has 0 atom stereocenters. The molecule has 80 valence electrons. The molecule has 0 amide bonds. The average molecular weight is 196 g/mol. The van der Waals surface area contributed by atoms with Crippen LogP contribution < -0.4 is 66.6 Å². The maximum atomic E-state index is 4.86. The molecule has 0 rings (SSSR count). The highest BCUT2D eigenvalue weighted by Crippen LogP contribution is 1.25. The summed E-state index contributed by atoms with van der Waals surface area (Å²) in [7, 11) is 1.71. The van der Waals surface area contributed by atoms with Crippen LogP contribution in [0, 0.1) is 0 Å². The van der Waals surface area contributed by atoms with Crippen LogP contribution in [0.3, 0.4) is 0 Å². The van der Waals surface area contributed by atoms with Crippen LogP contribution in [0.2, 0.25) is 0 Å². The van der Waals surface area contributed by atoms with E-state index < -0.39 is 0 Å². The van der Waals surface area contributed by atoms with Crippen molar-refractivity contribution >= 4 is 0 Å². The van der Waals surface area contributed by atoms with Gasteiger partial charge >= 0.3 is 0 Å². The topological polar surface area (TPSA) is 158 Å². The van der Waals surface area contributed by atoms with Crippen LogP contribution in [0.25, 0.3) is 0 Å². The summed E-state index contributed by atoms with van der Waals surface area (Å²) in [5.74, 6) is 4.86. The van der Waals surface area contributed by atoms with Crippen LogP contribution in [0.5, 0.6) is 0 Å². The lowest BCUT2D eigenvalue weighted by molar-refractivity contribution is 0.227. The summed E-state index contributed by atoms with van der Waals surface area (Å²) < 4.78 is 0. The molecule has 12 nitrogen and oxygen atoms in total. The molecular weight excluding hydrogens is 180 g/mol. The molecule has 0 aliphatic rings. The van der Waals surface area contributed by atoms with Crippen molar-refractivity contribution in [1.82, 2.24) is 60.8 Å². The number of nitrogens with two attached hydrogens (primary N) is 1. The first-order chi connectivity index (χ1) is 6.41. The molecule has 0 radical (unpaired) electrons. The monoisotopic (exact) mass is 196 g/mol. The van der Waals surface area contributed by atoms with Crippen LogP contribution in [-0.4, -0.2) is 7.05 Å². The quantitative estimate of drug-likeness (QED) is 0.0912. The Morgan fingerprint density at radius 2 is 1.00 bits per heavy atom. The van der Waals surface area contributed by atoms with Gasteiger partial charge in [0.1, 0.15) is 0 Å². The number of hydrogen-bond acceptors (Lipinski definition) is 12. The lowest BCUT2D eigenvalue weighted by atomic mass is 11.5. The number of nitrogens with one attached hydrogen (secondary N) is 11. The van der Waals surface area contributed by atoms with E-state index in [9.17, 15) is 0 Å². The number of rotatable bonds is 10. The molecule has 0 aromatic heterocycles. The Bertz CT molecular complexity index is 71.2. The van der Waals surface area contributed by atoms with E-state index >= 15 is 0 Å². The Morgan fingerprint density at radius 3 is 1.38 bits per heavy atom. The molecule has 0 saturated heterocycles. The SMILES string of the molecule is CNNNNNNNNNNNN. The van der Waals surface area contributed by atoms with Crippen molar-refractivity contribution in [1.29, 1.82) is 0 Å². The van der Waals surface area contributed by atoms with E-state index in [1.807, 2.05) is 0 Å². The van der Waals surface area contributed by atoms with Crippen molar-refractivity contribution in [3.05, 3.63) is 0 Å². The summed E-state index contributed by atoms with van der Waals surface area (Å²) in [5, 5.41) is 0. The molecule has 0 saturated carbocycles. The second-order valence-electron chi connectivity index (χ2n) is 1.52. The molecule has 0 aliphatic carbocycles. The molecular formula is CH16N12. The minimum Gasteiger partial charge on any atom is -0.257 e. The van der Waals surface area contributed by atoms with Crippen LogP contribution in [0.15, 0.2) is 0 Å². The van der Waals surface area contributed by atoms with E-state index in [-0.39, 0.29) is 0 Å². The van der Waals surface area contributed by atoms with E-state index in [4.69, 9.17) is 5.84 Å². The third kappa shape index (κ3) is 11.5. The van der Waals surface area contributed by atoms with Crippen molar-refractivity contribution < 1.29 is 0 Å². The van der Waals surface area contributed by atoms with Gasteiger partial charge in [0.15, 0.2) is 0 Å². The van der Waals surface area contributed by atoms with Gasteiger partial charge in [0.25, 0.3) is 0 Å². The van der Waals surface area contributed by atoms with E-state index in [0.717, 1.165) is 0 Å². The Kier molecular flexibility index (Phi) is 11.1.